The molecule has 0 bridgehead atoms. The molecule has 0 amide bonds. The molecule has 1 heterocycles. The standard InChI is InChI=1S/C14H12ClFN2/c1-8-5-6-9(16)7-11(8)14-17-12-4-2-3-10(12)13(15)18-14/h5-7H,2-4H2,1H3. The molecule has 1 aromatic carbocycles. The van der Waals surface area contributed by atoms with Crippen molar-refractivity contribution in [3.05, 3.63) is 46.0 Å². The van der Waals surface area contributed by atoms with Gasteiger partial charge in [0.05, 0.1) is 0 Å². The second-order valence-corrected chi connectivity index (χ2v) is 4.93. The van der Waals surface area contributed by atoms with Gasteiger partial charge in [0.2, 0.25) is 0 Å². The molecule has 2 nitrogen and oxygen atoms in total. The lowest BCUT2D eigenvalue weighted by molar-refractivity contribution is 0.627. The maximum atomic E-state index is 13.3. The van der Waals surface area contributed by atoms with Gasteiger partial charge in [0, 0.05) is 16.8 Å². The van der Waals surface area contributed by atoms with E-state index in [1.54, 1.807) is 6.07 Å². The lowest BCUT2D eigenvalue weighted by Gasteiger charge is -2.08. The van der Waals surface area contributed by atoms with Gasteiger partial charge in [-0.2, -0.15) is 0 Å². The number of rotatable bonds is 1. The van der Waals surface area contributed by atoms with Gasteiger partial charge in [0.15, 0.2) is 5.82 Å². The number of hydrogen-bond acceptors (Lipinski definition) is 2. The summed E-state index contributed by atoms with van der Waals surface area (Å²) in [5.41, 5.74) is 3.72. The largest absolute Gasteiger partial charge is 0.233 e. The van der Waals surface area contributed by atoms with E-state index < -0.39 is 0 Å². The summed E-state index contributed by atoms with van der Waals surface area (Å²) in [4.78, 5) is 8.83. The Kier molecular flexibility index (Phi) is 2.78. The molecule has 1 aromatic heterocycles. The van der Waals surface area contributed by atoms with E-state index in [9.17, 15) is 4.39 Å². The first-order chi connectivity index (χ1) is 8.65. The van der Waals surface area contributed by atoms with Crippen LogP contribution in [0, 0.1) is 12.7 Å². The number of nitrogens with zero attached hydrogens (tertiary/aromatic N) is 2. The smallest absolute Gasteiger partial charge is 0.161 e. The van der Waals surface area contributed by atoms with Gasteiger partial charge in [-0.15, -0.1) is 0 Å². The zero-order valence-electron chi connectivity index (χ0n) is 10.0. The van der Waals surface area contributed by atoms with Crippen LogP contribution >= 0.6 is 11.6 Å². The molecule has 92 valence electrons. The van der Waals surface area contributed by atoms with Crippen LogP contribution in [0.15, 0.2) is 18.2 Å². The Hall–Kier alpha value is -1.48. The molecule has 1 aliphatic carbocycles. The molecule has 0 N–H and O–H groups in total. The molecule has 0 radical (unpaired) electrons. The molecule has 2 aromatic rings. The van der Waals surface area contributed by atoms with Crippen LogP contribution in [-0.4, -0.2) is 9.97 Å². The van der Waals surface area contributed by atoms with Crippen LogP contribution in [0.25, 0.3) is 11.4 Å². The van der Waals surface area contributed by atoms with Crippen LogP contribution in [0.3, 0.4) is 0 Å². The van der Waals surface area contributed by atoms with Crippen molar-refractivity contribution < 1.29 is 4.39 Å². The summed E-state index contributed by atoms with van der Waals surface area (Å²) in [7, 11) is 0. The van der Waals surface area contributed by atoms with Crippen LogP contribution in [-0.2, 0) is 12.8 Å². The summed E-state index contributed by atoms with van der Waals surface area (Å²) in [6, 6.07) is 4.63. The Balaban J connectivity index is 2.18. The van der Waals surface area contributed by atoms with Crippen molar-refractivity contribution in [3.63, 3.8) is 0 Å². The molecule has 0 fully saturated rings. The molecule has 0 saturated carbocycles. The second kappa shape index (κ2) is 4.32. The highest BCUT2D eigenvalue weighted by molar-refractivity contribution is 6.30. The van der Waals surface area contributed by atoms with E-state index in [1.807, 2.05) is 6.92 Å². The van der Waals surface area contributed by atoms with E-state index in [0.29, 0.717) is 16.5 Å². The van der Waals surface area contributed by atoms with E-state index in [4.69, 9.17) is 11.6 Å². The fourth-order valence-electron chi connectivity index (χ4n) is 2.34. The summed E-state index contributed by atoms with van der Waals surface area (Å²) in [6.07, 6.45) is 2.94. The maximum absolute atomic E-state index is 13.3. The third-order valence-corrected chi connectivity index (χ3v) is 3.64. The zero-order valence-corrected chi connectivity index (χ0v) is 10.8. The Bertz CT molecular complexity index is 625. The van der Waals surface area contributed by atoms with E-state index in [-0.39, 0.29) is 5.82 Å². The number of aromatic nitrogens is 2. The van der Waals surface area contributed by atoms with Crippen molar-refractivity contribution in [2.24, 2.45) is 0 Å². The van der Waals surface area contributed by atoms with E-state index in [1.165, 1.54) is 12.1 Å². The van der Waals surface area contributed by atoms with Gasteiger partial charge in [-0.3, -0.25) is 0 Å². The van der Waals surface area contributed by atoms with E-state index in [0.717, 1.165) is 36.1 Å². The molecule has 4 heteroatoms. The quantitative estimate of drug-likeness (QED) is 0.732. The Morgan fingerprint density at radius 1 is 1.22 bits per heavy atom. The lowest BCUT2D eigenvalue weighted by atomic mass is 10.1. The normalized spacial score (nSPS) is 13.7. The Morgan fingerprint density at radius 2 is 2.06 bits per heavy atom. The molecule has 0 saturated heterocycles. The second-order valence-electron chi connectivity index (χ2n) is 4.58. The highest BCUT2D eigenvalue weighted by Crippen LogP contribution is 2.30. The molecular formula is C14H12ClFN2. The first-order valence-corrected chi connectivity index (χ1v) is 6.35. The highest BCUT2D eigenvalue weighted by Gasteiger charge is 2.19. The number of aryl methyl sites for hydroxylation is 2. The summed E-state index contributed by atoms with van der Waals surface area (Å²) in [5, 5.41) is 0.510. The molecule has 0 unspecified atom stereocenters. The average molecular weight is 263 g/mol. The Morgan fingerprint density at radius 3 is 2.89 bits per heavy atom. The van der Waals surface area contributed by atoms with Crippen molar-refractivity contribution in [2.45, 2.75) is 26.2 Å². The molecular weight excluding hydrogens is 251 g/mol. The van der Waals surface area contributed by atoms with Gasteiger partial charge in [0.25, 0.3) is 0 Å². The molecule has 0 atom stereocenters. The Labute approximate surface area is 110 Å². The van der Waals surface area contributed by atoms with Crippen LogP contribution in [0.5, 0.6) is 0 Å². The van der Waals surface area contributed by atoms with Crippen LogP contribution in [0.4, 0.5) is 4.39 Å². The van der Waals surface area contributed by atoms with Crippen molar-refractivity contribution in [2.75, 3.05) is 0 Å². The van der Waals surface area contributed by atoms with Gasteiger partial charge in [0.1, 0.15) is 11.0 Å². The summed E-state index contributed by atoms with van der Waals surface area (Å²) >= 11 is 6.17. The minimum Gasteiger partial charge on any atom is -0.233 e. The fourth-order valence-corrected chi connectivity index (χ4v) is 2.63. The van der Waals surface area contributed by atoms with Gasteiger partial charge in [-0.05, 0) is 43.9 Å². The number of hydrogen-bond donors (Lipinski definition) is 0. The van der Waals surface area contributed by atoms with Crippen molar-refractivity contribution in [3.8, 4) is 11.4 Å². The zero-order chi connectivity index (χ0) is 12.7. The summed E-state index contributed by atoms with van der Waals surface area (Å²) in [6.45, 7) is 1.92. The highest BCUT2D eigenvalue weighted by atomic mass is 35.5. The molecule has 3 rings (SSSR count). The SMILES string of the molecule is Cc1ccc(F)cc1-c1nc(Cl)c2c(n1)CCC2. The maximum Gasteiger partial charge on any atom is 0.161 e. The average Bonchev–Trinajstić information content (AvgIpc) is 2.81. The molecule has 18 heavy (non-hydrogen) atoms. The molecule has 0 spiro atoms. The summed E-state index contributed by atoms with van der Waals surface area (Å²) in [5.74, 6) is 0.244. The minimum atomic E-state index is -0.282. The third kappa shape index (κ3) is 1.89. The van der Waals surface area contributed by atoms with E-state index >= 15 is 0 Å². The topological polar surface area (TPSA) is 25.8 Å². The fraction of sp³-hybridized carbons (Fsp3) is 0.286. The van der Waals surface area contributed by atoms with E-state index in [2.05, 4.69) is 9.97 Å². The van der Waals surface area contributed by atoms with Gasteiger partial charge >= 0.3 is 0 Å². The number of benzene rings is 1. The van der Waals surface area contributed by atoms with Gasteiger partial charge < -0.3 is 0 Å². The van der Waals surface area contributed by atoms with Gasteiger partial charge in [-0.1, -0.05) is 17.7 Å². The molecule has 0 aliphatic heterocycles. The van der Waals surface area contributed by atoms with Crippen LogP contribution in [0.1, 0.15) is 23.2 Å². The number of fused-ring (bicyclic) bond motifs is 1. The predicted molar refractivity (Wildman–Crippen MR) is 69.2 cm³/mol. The van der Waals surface area contributed by atoms with Crippen LogP contribution < -0.4 is 0 Å². The first kappa shape index (κ1) is 11.6. The lowest BCUT2D eigenvalue weighted by Crippen LogP contribution is -1.99. The predicted octanol–water partition coefficient (Wildman–Crippen LogP) is 3.73. The van der Waals surface area contributed by atoms with Crippen molar-refractivity contribution in [1.29, 1.82) is 0 Å². The first-order valence-electron chi connectivity index (χ1n) is 5.97. The third-order valence-electron chi connectivity index (χ3n) is 3.32. The summed E-state index contributed by atoms with van der Waals surface area (Å²) < 4.78 is 13.3. The number of halogens is 2. The molecule has 1 aliphatic rings. The van der Waals surface area contributed by atoms with Crippen LogP contribution in [0.2, 0.25) is 5.15 Å². The van der Waals surface area contributed by atoms with Crippen molar-refractivity contribution >= 4 is 11.6 Å². The van der Waals surface area contributed by atoms with Crippen molar-refractivity contribution in [1.82, 2.24) is 9.97 Å². The van der Waals surface area contributed by atoms with Gasteiger partial charge in [-0.25, -0.2) is 14.4 Å². The minimum absolute atomic E-state index is 0.282. The monoisotopic (exact) mass is 262 g/mol.